The first-order valence-electron chi connectivity index (χ1n) is 7.21. The lowest BCUT2D eigenvalue weighted by Gasteiger charge is -2.32. The molecule has 1 aromatic heterocycles. The number of rotatable bonds is 3. The second-order valence-corrected chi connectivity index (χ2v) is 6.42. The Bertz CT molecular complexity index is 430. The largest absolute Gasteiger partial charge is 0.353 e. The second-order valence-electron chi connectivity index (χ2n) is 5.32. The van der Waals surface area contributed by atoms with Gasteiger partial charge in [0, 0.05) is 25.5 Å². The first-order chi connectivity index (χ1) is 9.15. The third-order valence-electron chi connectivity index (χ3n) is 3.99. The average Bonchev–Trinajstić information content (AvgIpc) is 2.70. The number of carbonyl (C=O) groups excluding carboxylic acids is 1. The van der Waals surface area contributed by atoms with E-state index < -0.39 is 0 Å². The number of nitrogens with zero attached hydrogens (tertiary/aromatic N) is 2. The van der Waals surface area contributed by atoms with Crippen molar-refractivity contribution < 1.29 is 4.79 Å². The van der Waals surface area contributed by atoms with E-state index in [0.717, 1.165) is 25.8 Å². The molecule has 1 saturated heterocycles. The van der Waals surface area contributed by atoms with Gasteiger partial charge in [0.15, 0.2) is 0 Å². The first kappa shape index (κ1) is 14.6. The lowest BCUT2D eigenvalue weighted by molar-refractivity contribution is -0.133. The molecule has 1 fully saturated rings. The topological polar surface area (TPSA) is 25.2 Å². The summed E-state index contributed by atoms with van der Waals surface area (Å²) in [5.41, 5.74) is 1.26. The molecule has 19 heavy (non-hydrogen) atoms. The van der Waals surface area contributed by atoms with Gasteiger partial charge in [0.25, 0.3) is 0 Å². The summed E-state index contributed by atoms with van der Waals surface area (Å²) in [5, 5.41) is 0. The molecule has 2 atom stereocenters. The first-order valence-corrected chi connectivity index (χ1v) is 8.12. The van der Waals surface area contributed by atoms with Crippen molar-refractivity contribution in [2.75, 3.05) is 6.54 Å². The molecule has 1 amide bonds. The smallest absolute Gasteiger partial charge is 0.236 e. The highest BCUT2D eigenvalue weighted by Gasteiger charge is 2.30. The molecule has 2 rings (SSSR count). The van der Waals surface area contributed by atoms with Crippen LogP contribution in [0.5, 0.6) is 0 Å². The van der Waals surface area contributed by atoms with E-state index in [1.807, 2.05) is 6.92 Å². The molecule has 0 spiro atoms. The van der Waals surface area contributed by atoms with Crippen LogP contribution in [0.2, 0.25) is 0 Å². The number of likely N-dealkylation sites (tertiary alicyclic amines) is 1. The predicted octanol–water partition coefficient (Wildman–Crippen LogP) is 3.64. The van der Waals surface area contributed by atoms with E-state index in [-0.39, 0.29) is 16.8 Å². The number of hydrogen-bond donors (Lipinski definition) is 0. The maximum Gasteiger partial charge on any atom is 0.236 e. The Morgan fingerprint density at radius 1 is 1.47 bits per heavy atom. The molecule has 1 aliphatic rings. The van der Waals surface area contributed by atoms with Crippen molar-refractivity contribution >= 4 is 21.8 Å². The Labute approximate surface area is 124 Å². The van der Waals surface area contributed by atoms with Gasteiger partial charge in [0.1, 0.15) is 0 Å². The summed E-state index contributed by atoms with van der Waals surface area (Å²) >= 11 is 3.51. The Morgan fingerprint density at radius 2 is 2.26 bits per heavy atom. The zero-order chi connectivity index (χ0) is 13.8. The van der Waals surface area contributed by atoms with E-state index in [2.05, 4.69) is 50.8 Å². The molecule has 0 aromatic carbocycles. The minimum Gasteiger partial charge on any atom is -0.353 e. The summed E-state index contributed by atoms with van der Waals surface area (Å²) < 4.78 is 2.14. The molecule has 0 aliphatic carbocycles. The van der Waals surface area contributed by atoms with Crippen LogP contribution in [0.25, 0.3) is 0 Å². The molecule has 2 unspecified atom stereocenters. The molecule has 106 valence electrons. The van der Waals surface area contributed by atoms with Gasteiger partial charge < -0.3 is 9.47 Å². The summed E-state index contributed by atoms with van der Waals surface area (Å²) in [4.78, 5) is 14.6. The van der Waals surface area contributed by atoms with Crippen molar-refractivity contribution in [2.45, 2.75) is 49.9 Å². The van der Waals surface area contributed by atoms with Gasteiger partial charge >= 0.3 is 0 Å². The third kappa shape index (κ3) is 3.22. The average molecular weight is 327 g/mol. The zero-order valence-electron chi connectivity index (χ0n) is 11.8. The predicted molar refractivity (Wildman–Crippen MR) is 81.3 cm³/mol. The monoisotopic (exact) mass is 326 g/mol. The summed E-state index contributed by atoms with van der Waals surface area (Å²) in [6.45, 7) is 2.93. The van der Waals surface area contributed by atoms with Gasteiger partial charge in [-0.2, -0.15) is 0 Å². The van der Waals surface area contributed by atoms with Gasteiger partial charge in [0.2, 0.25) is 5.91 Å². The SMILES string of the molecule is CCC(Br)C(=O)N1CCCCCC1c1cccn1C. The third-order valence-corrected chi connectivity index (χ3v) is 5.03. The molecule has 1 aliphatic heterocycles. The molecule has 0 radical (unpaired) electrons. The van der Waals surface area contributed by atoms with E-state index in [1.165, 1.54) is 18.5 Å². The molecule has 0 saturated carbocycles. The van der Waals surface area contributed by atoms with Gasteiger partial charge in [-0.05, 0) is 31.4 Å². The number of aromatic nitrogens is 1. The number of halogens is 1. The van der Waals surface area contributed by atoms with Crippen LogP contribution < -0.4 is 0 Å². The highest BCUT2D eigenvalue weighted by atomic mass is 79.9. The van der Waals surface area contributed by atoms with E-state index in [9.17, 15) is 4.79 Å². The Morgan fingerprint density at radius 3 is 2.89 bits per heavy atom. The van der Waals surface area contributed by atoms with Gasteiger partial charge in [0.05, 0.1) is 10.9 Å². The van der Waals surface area contributed by atoms with Gasteiger partial charge in [-0.25, -0.2) is 0 Å². The summed E-state index contributed by atoms with van der Waals surface area (Å²) in [6, 6.07) is 4.45. The number of amides is 1. The highest BCUT2D eigenvalue weighted by Crippen LogP contribution is 2.31. The molecular weight excluding hydrogens is 304 g/mol. The molecule has 0 bridgehead atoms. The quantitative estimate of drug-likeness (QED) is 0.778. The lowest BCUT2D eigenvalue weighted by atomic mass is 10.1. The van der Waals surface area contributed by atoms with Crippen molar-refractivity contribution in [1.29, 1.82) is 0 Å². The second kappa shape index (κ2) is 6.60. The van der Waals surface area contributed by atoms with Crippen LogP contribution >= 0.6 is 15.9 Å². The maximum absolute atomic E-state index is 12.6. The minimum absolute atomic E-state index is 0.0478. The van der Waals surface area contributed by atoms with Crippen molar-refractivity contribution in [1.82, 2.24) is 9.47 Å². The van der Waals surface area contributed by atoms with Gasteiger partial charge in [-0.1, -0.05) is 35.7 Å². The minimum atomic E-state index is -0.0478. The van der Waals surface area contributed by atoms with Crippen molar-refractivity contribution in [3.05, 3.63) is 24.0 Å². The number of carbonyl (C=O) groups is 1. The number of aryl methyl sites for hydroxylation is 1. The molecule has 1 aromatic rings. The number of hydrogen-bond acceptors (Lipinski definition) is 1. The van der Waals surface area contributed by atoms with E-state index in [4.69, 9.17) is 0 Å². The van der Waals surface area contributed by atoms with E-state index in [1.54, 1.807) is 0 Å². The van der Waals surface area contributed by atoms with E-state index in [0.29, 0.717) is 0 Å². The fourth-order valence-corrected chi connectivity index (χ4v) is 3.12. The number of alkyl halides is 1. The maximum atomic E-state index is 12.6. The summed E-state index contributed by atoms with van der Waals surface area (Å²) in [5.74, 6) is 0.246. The standard InChI is InChI=1S/C15H23BrN2O/c1-3-12(16)15(19)18-11-6-4-5-8-14(18)13-9-7-10-17(13)2/h7,9-10,12,14H,3-6,8,11H2,1-2H3. The molecule has 0 N–H and O–H groups in total. The summed E-state index contributed by atoms with van der Waals surface area (Å²) in [7, 11) is 2.06. The molecule has 2 heterocycles. The van der Waals surface area contributed by atoms with Crippen molar-refractivity contribution in [2.24, 2.45) is 7.05 Å². The van der Waals surface area contributed by atoms with Crippen LogP contribution in [0.3, 0.4) is 0 Å². The fourth-order valence-electron chi connectivity index (χ4n) is 2.85. The van der Waals surface area contributed by atoms with Crippen LogP contribution in [-0.2, 0) is 11.8 Å². The van der Waals surface area contributed by atoms with Gasteiger partial charge in [-0.15, -0.1) is 0 Å². The van der Waals surface area contributed by atoms with Gasteiger partial charge in [-0.3, -0.25) is 4.79 Å². The van der Waals surface area contributed by atoms with Crippen LogP contribution in [0.1, 0.15) is 50.8 Å². The van der Waals surface area contributed by atoms with Crippen LogP contribution in [0.4, 0.5) is 0 Å². The lowest BCUT2D eigenvalue weighted by Crippen LogP contribution is -2.39. The van der Waals surface area contributed by atoms with Crippen molar-refractivity contribution in [3.8, 4) is 0 Å². The zero-order valence-corrected chi connectivity index (χ0v) is 13.4. The van der Waals surface area contributed by atoms with E-state index >= 15 is 0 Å². The Kier molecular flexibility index (Phi) is 5.08. The molecule has 3 nitrogen and oxygen atoms in total. The summed E-state index contributed by atoms with van der Waals surface area (Å²) in [6.07, 6.45) is 7.54. The van der Waals surface area contributed by atoms with Crippen LogP contribution in [-0.4, -0.2) is 26.7 Å². The fraction of sp³-hybridized carbons (Fsp3) is 0.667. The normalized spacial score (nSPS) is 22.1. The Balaban J connectivity index is 2.26. The highest BCUT2D eigenvalue weighted by molar-refractivity contribution is 9.10. The Hall–Kier alpha value is -0.770. The molecule has 4 heteroatoms. The molecular formula is C15H23BrN2O. The van der Waals surface area contributed by atoms with Crippen LogP contribution in [0, 0.1) is 0 Å². The van der Waals surface area contributed by atoms with Crippen LogP contribution in [0.15, 0.2) is 18.3 Å². The van der Waals surface area contributed by atoms with Crippen molar-refractivity contribution in [3.63, 3.8) is 0 Å².